The minimum Gasteiger partial charge on any atom is -0.481 e. The predicted octanol–water partition coefficient (Wildman–Crippen LogP) is 4.53. The van der Waals surface area contributed by atoms with Crippen molar-refractivity contribution in [1.82, 2.24) is 0 Å². The van der Waals surface area contributed by atoms with E-state index in [-0.39, 0.29) is 11.8 Å². The number of carboxylic acids is 1. The molecule has 0 amide bonds. The van der Waals surface area contributed by atoms with Gasteiger partial charge in [-0.2, -0.15) is 0 Å². The Labute approximate surface area is 164 Å². The van der Waals surface area contributed by atoms with E-state index >= 15 is 0 Å². The summed E-state index contributed by atoms with van der Waals surface area (Å²) in [6.45, 7) is 5.35. The number of ether oxygens (including phenoxy) is 2. The van der Waals surface area contributed by atoms with Crippen molar-refractivity contribution in [2.24, 2.45) is 17.8 Å². The van der Waals surface area contributed by atoms with Crippen molar-refractivity contribution >= 4 is 5.97 Å². The minimum atomic E-state index is -0.753. The second kappa shape index (κ2) is 11.2. The molecule has 27 heavy (non-hydrogen) atoms. The molecular weight excluding hydrogens is 344 g/mol. The number of unbranched alkanes of at least 4 members (excludes halogenated alkanes) is 4. The lowest BCUT2D eigenvalue weighted by Crippen LogP contribution is -2.43. The van der Waals surface area contributed by atoms with Gasteiger partial charge in [0.05, 0.1) is 25.2 Å². The van der Waals surface area contributed by atoms with Crippen LogP contribution < -0.4 is 0 Å². The van der Waals surface area contributed by atoms with Gasteiger partial charge in [0.25, 0.3) is 0 Å². The summed E-state index contributed by atoms with van der Waals surface area (Å²) in [5.41, 5.74) is 0. The van der Waals surface area contributed by atoms with E-state index in [1.165, 1.54) is 0 Å². The van der Waals surface area contributed by atoms with Crippen molar-refractivity contribution in [3.8, 4) is 0 Å². The maximum atomic E-state index is 12.1. The molecule has 0 aromatic heterocycles. The summed E-state index contributed by atoms with van der Waals surface area (Å²) in [6.07, 6.45) is 12.8. The van der Waals surface area contributed by atoms with Crippen LogP contribution >= 0.6 is 0 Å². The third kappa shape index (κ3) is 6.03. The number of carboxylic acid groups (broad SMARTS) is 1. The number of aliphatic carboxylic acids is 1. The fourth-order valence-corrected chi connectivity index (χ4v) is 4.71. The fraction of sp³-hybridized carbons (Fsp3) is 0.864. The molecule has 5 heteroatoms. The van der Waals surface area contributed by atoms with Crippen molar-refractivity contribution in [2.75, 3.05) is 13.2 Å². The molecule has 1 heterocycles. The van der Waals surface area contributed by atoms with Crippen LogP contribution in [-0.2, 0) is 14.3 Å². The van der Waals surface area contributed by atoms with Crippen LogP contribution in [0, 0.1) is 17.8 Å². The zero-order valence-electron chi connectivity index (χ0n) is 17.1. The lowest BCUT2D eigenvalue weighted by Gasteiger charge is -2.35. The molecule has 2 fully saturated rings. The molecule has 0 aromatic rings. The van der Waals surface area contributed by atoms with Gasteiger partial charge < -0.3 is 19.7 Å². The molecule has 4 atom stereocenters. The number of aliphatic hydroxyl groups is 1. The molecule has 1 saturated carbocycles. The summed E-state index contributed by atoms with van der Waals surface area (Å²) in [5.74, 6) is -2.08. The third-order valence-electron chi connectivity index (χ3n) is 6.12. The van der Waals surface area contributed by atoms with Gasteiger partial charge in [-0.15, -0.1) is 0 Å². The van der Waals surface area contributed by atoms with Gasteiger partial charge in [-0.25, -0.2) is 0 Å². The van der Waals surface area contributed by atoms with Gasteiger partial charge >= 0.3 is 5.97 Å². The maximum Gasteiger partial charge on any atom is 0.307 e. The van der Waals surface area contributed by atoms with Crippen molar-refractivity contribution in [1.29, 1.82) is 0 Å². The van der Waals surface area contributed by atoms with Crippen LogP contribution in [0.15, 0.2) is 12.2 Å². The Hall–Kier alpha value is -0.910. The number of allylic oxidation sites excluding steroid dienone is 1. The summed E-state index contributed by atoms with van der Waals surface area (Å²) in [7, 11) is 0. The van der Waals surface area contributed by atoms with E-state index in [2.05, 4.69) is 13.8 Å². The van der Waals surface area contributed by atoms with Crippen LogP contribution in [0.25, 0.3) is 0 Å². The van der Waals surface area contributed by atoms with Crippen molar-refractivity contribution in [2.45, 2.75) is 89.9 Å². The van der Waals surface area contributed by atoms with Gasteiger partial charge in [-0.3, -0.25) is 4.79 Å². The highest BCUT2D eigenvalue weighted by Crippen LogP contribution is 2.51. The molecule has 156 valence electrons. The largest absolute Gasteiger partial charge is 0.481 e. The maximum absolute atomic E-state index is 12.1. The Balaban J connectivity index is 2.10. The Morgan fingerprint density at radius 2 is 1.74 bits per heavy atom. The van der Waals surface area contributed by atoms with Gasteiger partial charge in [-0.05, 0) is 25.2 Å². The normalized spacial score (nSPS) is 26.8. The third-order valence-corrected chi connectivity index (χ3v) is 6.12. The Kier molecular flexibility index (Phi) is 9.27. The summed E-state index contributed by atoms with van der Waals surface area (Å²) >= 11 is 0. The van der Waals surface area contributed by atoms with Crippen LogP contribution in [0.3, 0.4) is 0 Å². The van der Waals surface area contributed by atoms with E-state index in [0.29, 0.717) is 19.6 Å². The monoisotopic (exact) mass is 382 g/mol. The van der Waals surface area contributed by atoms with E-state index in [0.717, 1.165) is 57.8 Å². The molecule has 1 aliphatic carbocycles. The smallest absolute Gasteiger partial charge is 0.307 e. The fourth-order valence-electron chi connectivity index (χ4n) is 4.71. The number of aliphatic hydroxyl groups excluding tert-OH is 1. The molecular formula is C22H38O5. The number of hydrogen-bond donors (Lipinski definition) is 2. The van der Waals surface area contributed by atoms with Crippen LogP contribution in [0.5, 0.6) is 0 Å². The summed E-state index contributed by atoms with van der Waals surface area (Å²) in [4.78, 5) is 12.1. The average Bonchev–Trinajstić information content (AvgIpc) is 3.25. The average molecular weight is 383 g/mol. The van der Waals surface area contributed by atoms with Gasteiger partial charge in [0.1, 0.15) is 0 Å². The first-order valence-electron chi connectivity index (χ1n) is 10.9. The standard InChI is InChI=1S/C22H38O5/c1-3-5-7-9-18(23)12-11-17-13-14-22(26-15-16-27-22)20(17)19(21(24)25)10-8-6-4-2/h11-12,17-20,23H,3-10,13-16H2,1-2H3,(H,24,25)/b12-11+. The van der Waals surface area contributed by atoms with Crippen molar-refractivity contribution in [3.63, 3.8) is 0 Å². The van der Waals surface area contributed by atoms with Crippen LogP contribution in [0.4, 0.5) is 0 Å². The number of hydrogen-bond acceptors (Lipinski definition) is 4. The lowest BCUT2D eigenvalue weighted by atomic mass is 9.78. The topological polar surface area (TPSA) is 76.0 Å². The Morgan fingerprint density at radius 1 is 1.11 bits per heavy atom. The second-order valence-electron chi connectivity index (χ2n) is 8.13. The van der Waals surface area contributed by atoms with Crippen LogP contribution in [-0.4, -0.2) is 41.3 Å². The minimum absolute atomic E-state index is 0.0756. The molecule has 2 N–H and O–H groups in total. The van der Waals surface area contributed by atoms with Gasteiger partial charge in [0, 0.05) is 12.3 Å². The summed E-state index contributed by atoms with van der Waals surface area (Å²) in [6, 6.07) is 0. The first-order chi connectivity index (χ1) is 13.0. The molecule has 5 nitrogen and oxygen atoms in total. The second-order valence-corrected chi connectivity index (χ2v) is 8.13. The van der Waals surface area contributed by atoms with E-state index in [9.17, 15) is 15.0 Å². The molecule has 2 aliphatic rings. The SMILES string of the molecule is CCCCCC(O)/C=C/C1CCC2(OCCO2)C1C(CCCCC)C(=O)O. The molecule has 0 aromatic carbocycles. The van der Waals surface area contributed by atoms with Crippen molar-refractivity contribution in [3.05, 3.63) is 12.2 Å². The van der Waals surface area contributed by atoms with E-state index in [1.807, 2.05) is 12.2 Å². The van der Waals surface area contributed by atoms with Gasteiger partial charge in [0.2, 0.25) is 0 Å². The first-order valence-corrected chi connectivity index (χ1v) is 10.9. The zero-order valence-corrected chi connectivity index (χ0v) is 17.1. The van der Waals surface area contributed by atoms with E-state index in [1.54, 1.807) is 0 Å². The van der Waals surface area contributed by atoms with Crippen molar-refractivity contribution < 1.29 is 24.5 Å². The molecule has 1 saturated heterocycles. The summed E-state index contributed by atoms with van der Waals surface area (Å²) < 4.78 is 12.0. The number of carbonyl (C=O) groups is 1. The Bertz CT molecular complexity index is 469. The zero-order chi connectivity index (χ0) is 19.7. The van der Waals surface area contributed by atoms with Crippen LogP contribution in [0.1, 0.15) is 78.1 Å². The number of rotatable bonds is 12. The molecule has 1 aliphatic heterocycles. The molecule has 0 bridgehead atoms. The predicted molar refractivity (Wildman–Crippen MR) is 105 cm³/mol. The van der Waals surface area contributed by atoms with Crippen LogP contribution in [0.2, 0.25) is 0 Å². The van der Waals surface area contributed by atoms with E-state index in [4.69, 9.17) is 9.47 Å². The van der Waals surface area contributed by atoms with E-state index < -0.39 is 23.8 Å². The van der Waals surface area contributed by atoms with Gasteiger partial charge in [0.15, 0.2) is 5.79 Å². The van der Waals surface area contributed by atoms with Gasteiger partial charge in [-0.1, -0.05) is 64.5 Å². The highest BCUT2D eigenvalue weighted by atomic mass is 16.7. The Morgan fingerprint density at radius 3 is 2.33 bits per heavy atom. The highest BCUT2D eigenvalue weighted by Gasteiger charge is 2.56. The first kappa shape index (κ1) is 22.4. The highest BCUT2D eigenvalue weighted by molar-refractivity contribution is 5.70. The lowest BCUT2D eigenvalue weighted by molar-refractivity contribution is -0.202. The quantitative estimate of drug-likeness (QED) is 0.383. The molecule has 4 unspecified atom stereocenters. The molecule has 2 rings (SSSR count). The molecule has 0 radical (unpaired) electrons. The molecule has 1 spiro atoms. The summed E-state index contributed by atoms with van der Waals surface area (Å²) in [5, 5.41) is 20.2.